The van der Waals surface area contributed by atoms with Gasteiger partial charge in [-0.25, -0.2) is 4.68 Å². The molecule has 1 N–H and O–H groups in total. The number of hydrogen-bond acceptors (Lipinski definition) is 4. The predicted octanol–water partition coefficient (Wildman–Crippen LogP) is 2.23. The number of aromatic nitrogens is 4. The van der Waals surface area contributed by atoms with E-state index in [1.165, 1.54) is 11.0 Å². The molecule has 1 heterocycles. The minimum Gasteiger partial charge on any atom is -0.324 e. The van der Waals surface area contributed by atoms with Gasteiger partial charge in [-0.05, 0) is 39.4 Å². The molecule has 0 radical (unpaired) electrons. The molecule has 20 heavy (non-hydrogen) atoms. The molecule has 0 spiro atoms. The van der Waals surface area contributed by atoms with Gasteiger partial charge in [0.15, 0.2) is 0 Å². The Labute approximate surface area is 122 Å². The number of rotatable bonds is 3. The van der Waals surface area contributed by atoms with Crippen molar-refractivity contribution in [2.24, 2.45) is 0 Å². The number of nitrogens with one attached hydrogen (secondary N) is 1. The zero-order chi connectivity index (χ0) is 13.9. The predicted molar refractivity (Wildman–Crippen MR) is 78.1 cm³/mol. The summed E-state index contributed by atoms with van der Waals surface area (Å²) >= 11 is 3.50. The quantitative estimate of drug-likeness (QED) is 0.798. The Balaban J connectivity index is 1.79. The van der Waals surface area contributed by atoms with E-state index in [0.717, 1.165) is 20.9 Å². The van der Waals surface area contributed by atoms with Gasteiger partial charge in [0.25, 0.3) is 0 Å². The molecule has 0 aliphatic rings. The average molecular weight is 332 g/mol. The summed E-state index contributed by atoms with van der Waals surface area (Å²) in [4.78, 5) is 11.8. The summed E-state index contributed by atoms with van der Waals surface area (Å²) in [5, 5.41) is 15.6. The summed E-state index contributed by atoms with van der Waals surface area (Å²) < 4.78 is 2.40. The normalized spacial score (nSPS) is 10.7. The second-order valence-corrected chi connectivity index (χ2v) is 5.09. The molecule has 1 aromatic heterocycles. The number of tetrazole rings is 1. The highest BCUT2D eigenvalue weighted by Gasteiger charge is 2.06. The SMILES string of the molecule is O=C(Cn1cnnn1)Nc1ccc2c(Br)cccc2c1. The number of carbonyl (C=O) groups excluding carboxylic acids is 1. The third-order valence-corrected chi connectivity index (χ3v) is 3.50. The highest BCUT2D eigenvalue weighted by molar-refractivity contribution is 9.10. The number of hydrogen-bond donors (Lipinski definition) is 1. The fourth-order valence-electron chi connectivity index (χ4n) is 1.92. The van der Waals surface area contributed by atoms with Gasteiger partial charge in [0.2, 0.25) is 5.91 Å². The lowest BCUT2D eigenvalue weighted by atomic mass is 10.1. The van der Waals surface area contributed by atoms with Crippen LogP contribution in [0.1, 0.15) is 0 Å². The Hall–Kier alpha value is -2.28. The number of carbonyl (C=O) groups is 1. The molecule has 0 unspecified atom stereocenters. The van der Waals surface area contributed by atoms with Crippen LogP contribution in [0.3, 0.4) is 0 Å². The van der Waals surface area contributed by atoms with Crippen molar-refractivity contribution >= 4 is 38.3 Å². The van der Waals surface area contributed by atoms with Gasteiger partial charge in [0.1, 0.15) is 12.9 Å². The molecule has 0 aliphatic heterocycles. The molecule has 7 heteroatoms. The Morgan fingerprint density at radius 3 is 3.00 bits per heavy atom. The monoisotopic (exact) mass is 331 g/mol. The van der Waals surface area contributed by atoms with E-state index in [-0.39, 0.29) is 12.5 Å². The van der Waals surface area contributed by atoms with E-state index in [9.17, 15) is 4.79 Å². The fraction of sp³-hybridized carbons (Fsp3) is 0.0769. The van der Waals surface area contributed by atoms with Crippen LogP contribution in [0.4, 0.5) is 5.69 Å². The molecule has 0 atom stereocenters. The standard InChI is InChI=1S/C13H10BrN5O/c14-12-3-1-2-9-6-10(4-5-11(9)12)16-13(20)7-19-8-15-17-18-19/h1-6,8H,7H2,(H,16,20). The second kappa shape index (κ2) is 5.38. The van der Waals surface area contributed by atoms with Gasteiger partial charge in [-0.15, -0.1) is 5.10 Å². The van der Waals surface area contributed by atoms with E-state index in [2.05, 4.69) is 36.8 Å². The van der Waals surface area contributed by atoms with Gasteiger partial charge >= 0.3 is 0 Å². The largest absolute Gasteiger partial charge is 0.324 e. The van der Waals surface area contributed by atoms with E-state index < -0.39 is 0 Å². The molecule has 0 saturated carbocycles. The van der Waals surface area contributed by atoms with Crippen molar-refractivity contribution in [2.45, 2.75) is 6.54 Å². The van der Waals surface area contributed by atoms with E-state index >= 15 is 0 Å². The van der Waals surface area contributed by atoms with Gasteiger partial charge in [0.05, 0.1) is 0 Å². The Morgan fingerprint density at radius 1 is 1.30 bits per heavy atom. The van der Waals surface area contributed by atoms with Crippen LogP contribution in [0.2, 0.25) is 0 Å². The molecule has 3 rings (SSSR count). The Morgan fingerprint density at radius 2 is 2.20 bits per heavy atom. The first-order valence-electron chi connectivity index (χ1n) is 5.91. The van der Waals surface area contributed by atoms with Crippen LogP contribution < -0.4 is 5.32 Å². The van der Waals surface area contributed by atoms with Crippen molar-refractivity contribution in [3.05, 3.63) is 47.2 Å². The van der Waals surface area contributed by atoms with Gasteiger partial charge in [-0.1, -0.05) is 34.1 Å². The highest BCUT2D eigenvalue weighted by atomic mass is 79.9. The van der Waals surface area contributed by atoms with Crippen molar-refractivity contribution in [1.82, 2.24) is 20.2 Å². The van der Waals surface area contributed by atoms with Gasteiger partial charge in [0, 0.05) is 10.2 Å². The minimum atomic E-state index is -0.174. The minimum absolute atomic E-state index is 0.0868. The first kappa shape index (κ1) is 12.7. The lowest BCUT2D eigenvalue weighted by Gasteiger charge is -2.07. The second-order valence-electron chi connectivity index (χ2n) is 4.23. The Kier molecular flexibility index (Phi) is 3.42. The maximum atomic E-state index is 11.8. The smallest absolute Gasteiger partial charge is 0.246 e. The molecule has 0 aliphatic carbocycles. The summed E-state index contributed by atoms with van der Waals surface area (Å²) in [6.45, 7) is 0.0868. The van der Waals surface area contributed by atoms with Crippen LogP contribution in [0, 0.1) is 0 Å². The first-order chi connectivity index (χ1) is 9.72. The zero-order valence-electron chi connectivity index (χ0n) is 10.3. The molecule has 2 aromatic carbocycles. The van der Waals surface area contributed by atoms with Crippen molar-refractivity contribution in [2.75, 3.05) is 5.32 Å². The van der Waals surface area contributed by atoms with Crippen molar-refractivity contribution in [3.63, 3.8) is 0 Å². The molecule has 0 saturated heterocycles. The summed E-state index contributed by atoms with van der Waals surface area (Å²) in [7, 11) is 0. The van der Waals surface area contributed by atoms with Gasteiger partial charge < -0.3 is 5.32 Å². The maximum absolute atomic E-state index is 11.8. The van der Waals surface area contributed by atoms with E-state index in [1.807, 2.05) is 36.4 Å². The zero-order valence-corrected chi connectivity index (χ0v) is 11.9. The lowest BCUT2D eigenvalue weighted by molar-refractivity contribution is -0.116. The number of amides is 1. The average Bonchev–Trinajstić information content (AvgIpc) is 2.91. The van der Waals surface area contributed by atoms with Crippen LogP contribution in [-0.2, 0) is 11.3 Å². The van der Waals surface area contributed by atoms with Gasteiger partial charge in [-0.2, -0.15) is 0 Å². The van der Waals surface area contributed by atoms with Crippen LogP contribution in [-0.4, -0.2) is 26.1 Å². The van der Waals surface area contributed by atoms with E-state index in [0.29, 0.717) is 0 Å². The molecule has 0 bridgehead atoms. The highest BCUT2D eigenvalue weighted by Crippen LogP contribution is 2.26. The number of benzene rings is 2. The molecular formula is C13H10BrN5O. The number of nitrogens with zero attached hydrogens (tertiary/aromatic N) is 4. The van der Waals surface area contributed by atoms with Crippen LogP contribution >= 0.6 is 15.9 Å². The third kappa shape index (κ3) is 2.67. The summed E-state index contributed by atoms with van der Waals surface area (Å²) in [5.74, 6) is -0.174. The lowest BCUT2D eigenvalue weighted by Crippen LogP contribution is -2.19. The number of anilines is 1. The molecule has 6 nitrogen and oxygen atoms in total. The topological polar surface area (TPSA) is 72.7 Å². The molecule has 1 amide bonds. The third-order valence-electron chi connectivity index (χ3n) is 2.81. The van der Waals surface area contributed by atoms with Crippen LogP contribution in [0.15, 0.2) is 47.2 Å². The summed E-state index contributed by atoms with van der Waals surface area (Å²) in [6, 6.07) is 11.7. The molecule has 0 fully saturated rings. The Bertz CT molecular complexity index is 757. The maximum Gasteiger partial charge on any atom is 0.246 e. The van der Waals surface area contributed by atoms with Crippen LogP contribution in [0.5, 0.6) is 0 Å². The summed E-state index contributed by atoms with van der Waals surface area (Å²) in [5.41, 5.74) is 0.744. The molecule has 100 valence electrons. The summed E-state index contributed by atoms with van der Waals surface area (Å²) in [6.07, 6.45) is 1.40. The molecular weight excluding hydrogens is 322 g/mol. The first-order valence-corrected chi connectivity index (χ1v) is 6.70. The molecule has 3 aromatic rings. The van der Waals surface area contributed by atoms with Crippen molar-refractivity contribution in [1.29, 1.82) is 0 Å². The van der Waals surface area contributed by atoms with E-state index in [1.54, 1.807) is 0 Å². The number of fused-ring (bicyclic) bond motifs is 1. The fourth-order valence-corrected chi connectivity index (χ4v) is 2.44. The van der Waals surface area contributed by atoms with Crippen molar-refractivity contribution in [3.8, 4) is 0 Å². The van der Waals surface area contributed by atoms with Gasteiger partial charge in [-0.3, -0.25) is 4.79 Å². The number of halogens is 1. The van der Waals surface area contributed by atoms with Crippen LogP contribution in [0.25, 0.3) is 10.8 Å². The van der Waals surface area contributed by atoms with Crippen molar-refractivity contribution < 1.29 is 4.79 Å². The van der Waals surface area contributed by atoms with E-state index in [4.69, 9.17) is 0 Å².